The van der Waals surface area contributed by atoms with E-state index in [1.54, 1.807) is 24.3 Å². The number of anilines is 2. The van der Waals surface area contributed by atoms with Gasteiger partial charge in [-0.2, -0.15) is 0 Å². The van der Waals surface area contributed by atoms with Crippen LogP contribution in [0.4, 0.5) is 11.5 Å². The van der Waals surface area contributed by atoms with Gasteiger partial charge in [0.2, 0.25) is 11.8 Å². The van der Waals surface area contributed by atoms with Crippen LogP contribution in [0.5, 0.6) is 5.75 Å². The highest BCUT2D eigenvalue weighted by atomic mass is 16.5. The summed E-state index contributed by atoms with van der Waals surface area (Å²) >= 11 is 0. The Labute approximate surface area is 266 Å². The summed E-state index contributed by atoms with van der Waals surface area (Å²) in [7, 11) is 0. The number of hydrogen-bond acceptors (Lipinski definition) is 11. The molecule has 0 saturated carbocycles. The monoisotopic (exact) mass is 634 g/mol. The molecule has 1 fully saturated rings. The number of rotatable bonds is 17. The number of carbonyl (C=O) groups excluding carboxylic acids is 4. The van der Waals surface area contributed by atoms with Gasteiger partial charge in [0.25, 0.3) is 11.8 Å². The lowest BCUT2D eigenvalue weighted by molar-refractivity contribution is -0.137. The number of carbonyl (C=O) groups is 4. The fourth-order valence-corrected chi connectivity index (χ4v) is 5.14. The summed E-state index contributed by atoms with van der Waals surface area (Å²) in [6.07, 6.45) is 2.90. The fourth-order valence-electron chi connectivity index (χ4n) is 5.14. The standard InChI is InChI=1S/C32H38N6O8/c1-2-10-43-12-14-45-15-13-44-11-9-33-29(40)19-46-23-5-6-24-26(17-23)34-20-35-30(24)36-22-4-3-21-18-38(32(42)25(21)16-22)27-7-8-28(39)37-31(27)41/h3-6,16-17,20,27H,2,7-15,18-19H2,1H3,(H,33,40)(H,34,35,36)(H,37,39,41). The summed E-state index contributed by atoms with van der Waals surface area (Å²) in [5, 5.41) is 9.04. The van der Waals surface area contributed by atoms with Crippen molar-refractivity contribution in [2.45, 2.75) is 38.8 Å². The van der Waals surface area contributed by atoms with E-state index >= 15 is 0 Å². The summed E-state index contributed by atoms with van der Waals surface area (Å²) in [5.74, 6) is -0.304. The van der Waals surface area contributed by atoms with Crippen molar-refractivity contribution in [1.82, 2.24) is 25.5 Å². The Morgan fingerprint density at radius 3 is 2.54 bits per heavy atom. The first kappa shape index (κ1) is 32.7. The van der Waals surface area contributed by atoms with Crippen molar-refractivity contribution in [2.24, 2.45) is 0 Å². The van der Waals surface area contributed by atoms with Gasteiger partial charge in [0.15, 0.2) is 6.61 Å². The number of amides is 4. The van der Waals surface area contributed by atoms with Crippen LogP contribution in [0, 0.1) is 0 Å². The van der Waals surface area contributed by atoms with Crippen LogP contribution in [-0.2, 0) is 35.1 Å². The summed E-state index contributed by atoms with van der Waals surface area (Å²) in [6.45, 7) is 5.64. The molecule has 5 rings (SSSR count). The zero-order valence-corrected chi connectivity index (χ0v) is 25.7. The Balaban J connectivity index is 1.08. The lowest BCUT2D eigenvalue weighted by atomic mass is 10.0. The van der Waals surface area contributed by atoms with Gasteiger partial charge in [0, 0.05) is 48.8 Å². The highest BCUT2D eigenvalue weighted by Gasteiger charge is 2.39. The van der Waals surface area contributed by atoms with Gasteiger partial charge in [-0.15, -0.1) is 0 Å². The number of hydrogen-bond donors (Lipinski definition) is 3. The van der Waals surface area contributed by atoms with Gasteiger partial charge in [0.1, 0.15) is 23.9 Å². The minimum Gasteiger partial charge on any atom is -0.484 e. The molecule has 14 heteroatoms. The lowest BCUT2D eigenvalue weighted by Gasteiger charge is -2.29. The minimum atomic E-state index is -0.673. The van der Waals surface area contributed by atoms with Crippen LogP contribution in [0.15, 0.2) is 42.7 Å². The zero-order chi connectivity index (χ0) is 32.3. The maximum Gasteiger partial charge on any atom is 0.258 e. The Hall–Kier alpha value is -4.66. The van der Waals surface area contributed by atoms with Gasteiger partial charge in [-0.25, -0.2) is 9.97 Å². The van der Waals surface area contributed by atoms with E-state index in [4.69, 9.17) is 18.9 Å². The Morgan fingerprint density at radius 1 is 0.978 bits per heavy atom. The Bertz CT molecular complexity index is 1570. The molecule has 0 bridgehead atoms. The third kappa shape index (κ3) is 8.53. The summed E-state index contributed by atoms with van der Waals surface area (Å²) in [6, 6.07) is 9.98. The van der Waals surface area contributed by atoms with E-state index in [1.165, 1.54) is 11.2 Å². The fraction of sp³-hybridized carbons (Fsp3) is 0.438. The van der Waals surface area contributed by atoms with E-state index in [1.807, 2.05) is 12.1 Å². The van der Waals surface area contributed by atoms with Gasteiger partial charge in [-0.05, 0) is 42.7 Å². The maximum absolute atomic E-state index is 13.2. The zero-order valence-electron chi connectivity index (χ0n) is 25.7. The number of nitrogens with zero attached hydrogens (tertiary/aromatic N) is 3. The number of piperidine rings is 1. The Kier molecular flexibility index (Phi) is 11.4. The quantitative estimate of drug-likeness (QED) is 0.147. The number of nitrogens with one attached hydrogen (secondary N) is 3. The highest BCUT2D eigenvalue weighted by Crippen LogP contribution is 2.31. The van der Waals surface area contributed by atoms with Crippen molar-refractivity contribution in [3.05, 3.63) is 53.9 Å². The number of aromatic nitrogens is 2. The van der Waals surface area contributed by atoms with Gasteiger partial charge >= 0.3 is 0 Å². The molecule has 1 atom stereocenters. The van der Waals surface area contributed by atoms with E-state index in [0.717, 1.165) is 18.6 Å². The first-order valence-corrected chi connectivity index (χ1v) is 15.3. The van der Waals surface area contributed by atoms with Crippen molar-refractivity contribution < 1.29 is 38.1 Å². The largest absolute Gasteiger partial charge is 0.484 e. The molecule has 3 heterocycles. The van der Waals surface area contributed by atoms with E-state index in [9.17, 15) is 19.2 Å². The maximum atomic E-state index is 13.2. The lowest BCUT2D eigenvalue weighted by Crippen LogP contribution is -2.52. The Morgan fingerprint density at radius 2 is 1.76 bits per heavy atom. The summed E-state index contributed by atoms with van der Waals surface area (Å²) in [5.41, 5.74) is 2.54. The first-order valence-electron chi connectivity index (χ1n) is 15.3. The molecule has 0 aliphatic carbocycles. The van der Waals surface area contributed by atoms with Gasteiger partial charge < -0.3 is 34.5 Å². The molecule has 0 radical (unpaired) electrons. The average molecular weight is 635 g/mol. The van der Waals surface area contributed by atoms with Crippen molar-refractivity contribution in [3.63, 3.8) is 0 Å². The van der Waals surface area contributed by atoms with Crippen LogP contribution in [0.3, 0.4) is 0 Å². The van der Waals surface area contributed by atoms with E-state index < -0.39 is 11.9 Å². The van der Waals surface area contributed by atoms with Gasteiger partial charge in [-0.1, -0.05) is 13.0 Å². The topological polar surface area (TPSA) is 170 Å². The van der Waals surface area contributed by atoms with Crippen LogP contribution in [-0.4, -0.2) is 97.3 Å². The predicted octanol–water partition coefficient (Wildman–Crippen LogP) is 2.09. The molecule has 244 valence electrons. The smallest absolute Gasteiger partial charge is 0.258 e. The minimum absolute atomic E-state index is 0.165. The molecule has 14 nitrogen and oxygen atoms in total. The van der Waals surface area contributed by atoms with Crippen molar-refractivity contribution in [1.29, 1.82) is 0 Å². The highest BCUT2D eigenvalue weighted by molar-refractivity contribution is 6.06. The number of benzene rings is 2. The van der Waals surface area contributed by atoms with Crippen molar-refractivity contribution in [2.75, 3.05) is 58.1 Å². The van der Waals surface area contributed by atoms with E-state index in [2.05, 4.69) is 32.8 Å². The molecule has 2 aliphatic heterocycles. The molecule has 2 aliphatic rings. The molecule has 0 spiro atoms. The predicted molar refractivity (Wildman–Crippen MR) is 167 cm³/mol. The van der Waals surface area contributed by atoms with Gasteiger partial charge in [0.05, 0.1) is 38.6 Å². The molecule has 2 aromatic carbocycles. The summed E-state index contributed by atoms with van der Waals surface area (Å²) < 4.78 is 21.9. The van der Waals surface area contributed by atoms with Crippen LogP contribution >= 0.6 is 0 Å². The molecule has 4 amide bonds. The third-order valence-electron chi connectivity index (χ3n) is 7.43. The molecule has 1 unspecified atom stereocenters. The van der Waals surface area contributed by atoms with Crippen molar-refractivity contribution >= 4 is 46.0 Å². The number of fused-ring (bicyclic) bond motifs is 2. The summed E-state index contributed by atoms with van der Waals surface area (Å²) in [4.78, 5) is 59.5. The first-order chi connectivity index (χ1) is 22.4. The second-order valence-electron chi connectivity index (χ2n) is 10.8. The molecule has 3 aromatic rings. The number of ether oxygens (including phenoxy) is 4. The third-order valence-corrected chi connectivity index (χ3v) is 7.43. The molecular formula is C32H38N6O8. The van der Waals surface area contributed by atoms with Crippen molar-refractivity contribution in [3.8, 4) is 5.75 Å². The SMILES string of the molecule is CCCOCCOCCOCCNC(=O)COc1ccc2c(Nc3ccc4c(c3)C(=O)N(C3CCC(=O)NC3=O)C4)ncnc2c1. The second-order valence-corrected chi connectivity index (χ2v) is 10.8. The van der Waals surface area contributed by atoms with Crippen LogP contribution in [0.25, 0.3) is 10.9 Å². The number of imide groups is 1. The van der Waals surface area contributed by atoms with Crippen LogP contribution < -0.4 is 20.7 Å². The van der Waals surface area contributed by atoms with Gasteiger partial charge in [-0.3, -0.25) is 24.5 Å². The average Bonchev–Trinajstić information content (AvgIpc) is 3.37. The molecular weight excluding hydrogens is 596 g/mol. The van der Waals surface area contributed by atoms with Crippen LogP contribution in [0.2, 0.25) is 0 Å². The molecule has 3 N–H and O–H groups in total. The molecule has 46 heavy (non-hydrogen) atoms. The molecule has 1 saturated heterocycles. The molecule has 1 aromatic heterocycles. The van der Waals surface area contributed by atoms with E-state index in [0.29, 0.717) is 86.3 Å². The normalized spacial score (nSPS) is 16.0. The van der Waals surface area contributed by atoms with E-state index in [-0.39, 0.29) is 30.7 Å². The second kappa shape index (κ2) is 16.1. The van der Waals surface area contributed by atoms with Crippen LogP contribution in [0.1, 0.15) is 42.1 Å².